The zero-order valence-corrected chi connectivity index (χ0v) is 13.9. The molecule has 27 heavy (non-hydrogen) atoms. The van der Waals surface area contributed by atoms with E-state index in [1.807, 2.05) is 0 Å². The van der Waals surface area contributed by atoms with Gasteiger partial charge in [0.1, 0.15) is 11.4 Å². The van der Waals surface area contributed by atoms with Gasteiger partial charge < -0.3 is 25.0 Å². The average molecular weight is 383 g/mol. The van der Waals surface area contributed by atoms with Gasteiger partial charge >= 0.3 is 18.4 Å². The minimum atomic E-state index is -4.79. The van der Waals surface area contributed by atoms with E-state index in [-0.39, 0.29) is 11.4 Å². The number of carbonyl (C=O) groups excluding carboxylic acids is 1. The Bertz CT molecular complexity index is 842. The molecule has 0 bridgehead atoms. The Morgan fingerprint density at radius 1 is 1.15 bits per heavy atom. The summed E-state index contributed by atoms with van der Waals surface area (Å²) >= 11 is 0. The summed E-state index contributed by atoms with van der Waals surface area (Å²) in [7, 11) is 0. The van der Waals surface area contributed by atoms with Crippen LogP contribution < -0.4 is 15.4 Å². The van der Waals surface area contributed by atoms with Gasteiger partial charge in [0, 0.05) is 18.4 Å². The average Bonchev–Trinajstić information content (AvgIpc) is 3.27. The molecule has 1 aliphatic carbocycles. The number of rotatable bonds is 6. The molecule has 144 valence electrons. The van der Waals surface area contributed by atoms with Gasteiger partial charge in [-0.05, 0) is 49.1 Å². The van der Waals surface area contributed by atoms with Crippen molar-refractivity contribution < 1.29 is 32.6 Å². The second-order valence-electron chi connectivity index (χ2n) is 6.17. The zero-order valence-electron chi connectivity index (χ0n) is 13.9. The number of hydrogen-bond acceptors (Lipinski definition) is 3. The van der Waals surface area contributed by atoms with Crippen molar-refractivity contribution in [3.8, 4) is 5.75 Å². The van der Waals surface area contributed by atoms with Gasteiger partial charge in [-0.15, -0.1) is 13.2 Å². The van der Waals surface area contributed by atoms with Crippen LogP contribution in [0, 0.1) is 5.92 Å². The Balaban J connectivity index is 1.61. The fourth-order valence-electron chi connectivity index (χ4n) is 2.52. The Morgan fingerprint density at radius 3 is 2.33 bits per heavy atom. The summed E-state index contributed by atoms with van der Waals surface area (Å²) in [6.07, 6.45) is -1.15. The van der Waals surface area contributed by atoms with Crippen LogP contribution in [0.1, 0.15) is 23.3 Å². The van der Waals surface area contributed by atoms with Crippen molar-refractivity contribution in [1.82, 2.24) is 4.57 Å². The number of carboxylic acid groups (broad SMARTS) is 1. The van der Waals surface area contributed by atoms with Gasteiger partial charge in [-0.1, -0.05) is 0 Å². The molecule has 2 amide bonds. The van der Waals surface area contributed by atoms with Crippen LogP contribution in [0.3, 0.4) is 0 Å². The number of nitrogens with zero attached hydrogens (tertiary/aromatic N) is 1. The van der Waals surface area contributed by atoms with Crippen molar-refractivity contribution in [3.05, 3.63) is 42.2 Å². The number of alkyl halides is 3. The molecule has 7 nitrogen and oxygen atoms in total. The second-order valence-corrected chi connectivity index (χ2v) is 6.17. The molecule has 3 N–H and O–H groups in total. The van der Waals surface area contributed by atoms with Crippen LogP contribution in [-0.2, 0) is 6.54 Å². The SMILES string of the molecule is O=C(Nc1ccc(OC(F)(F)F)cc1)Nc1cc(C(=O)O)n(CC2CC2)c1. The van der Waals surface area contributed by atoms with Gasteiger partial charge in [-0.25, -0.2) is 9.59 Å². The molecule has 1 heterocycles. The summed E-state index contributed by atoms with van der Waals surface area (Å²) in [6, 6.07) is 5.34. The molecule has 0 spiro atoms. The van der Waals surface area contributed by atoms with Crippen LogP contribution in [0.25, 0.3) is 0 Å². The summed E-state index contributed by atoms with van der Waals surface area (Å²) in [6.45, 7) is 0.575. The van der Waals surface area contributed by atoms with Crippen LogP contribution in [0.2, 0.25) is 0 Å². The first-order chi connectivity index (χ1) is 12.7. The van der Waals surface area contributed by atoms with Gasteiger partial charge in [0.25, 0.3) is 0 Å². The summed E-state index contributed by atoms with van der Waals surface area (Å²) < 4.78 is 41.7. The van der Waals surface area contributed by atoms with Gasteiger partial charge in [0.2, 0.25) is 0 Å². The largest absolute Gasteiger partial charge is 0.573 e. The van der Waals surface area contributed by atoms with Crippen LogP contribution in [-0.4, -0.2) is 28.0 Å². The van der Waals surface area contributed by atoms with Crippen molar-refractivity contribution in [1.29, 1.82) is 0 Å². The van der Waals surface area contributed by atoms with E-state index >= 15 is 0 Å². The van der Waals surface area contributed by atoms with E-state index in [4.69, 9.17) is 0 Å². The number of amides is 2. The maximum atomic E-state index is 12.1. The number of halogens is 3. The third kappa shape index (κ3) is 5.40. The highest BCUT2D eigenvalue weighted by molar-refractivity contribution is 6.00. The number of benzene rings is 1. The Labute approximate surface area is 151 Å². The highest BCUT2D eigenvalue weighted by atomic mass is 19.4. The molecule has 1 aliphatic rings. The maximum Gasteiger partial charge on any atom is 0.573 e. The predicted molar refractivity (Wildman–Crippen MR) is 89.9 cm³/mol. The minimum Gasteiger partial charge on any atom is -0.477 e. The molecule has 0 aliphatic heterocycles. The van der Waals surface area contributed by atoms with Crippen molar-refractivity contribution in [2.45, 2.75) is 25.7 Å². The summed E-state index contributed by atoms with van der Waals surface area (Å²) in [4.78, 5) is 23.3. The smallest absolute Gasteiger partial charge is 0.477 e. The molecule has 0 saturated heterocycles. The zero-order chi connectivity index (χ0) is 19.6. The lowest BCUT2D eigenvalue weighted by atomic mass is 10.3. The first-order valence-electron chi connectivity index (χ1n) is 8.07. The van der Waals surface area contributed by atoms with Crippen LogP contribution in [0.5, 0.6) is 5.75 Å². The van der Waals surface area contributed by atoms with Crippen molar-refractivity contribution in [3.63, 3.8) is 0 Å². The maximum absolute atomic E-state index is 12.1. The van der Waals surface area contributed by atoms with E-state index in [1.165, 1.54) is 18.2 Å². The molecule has 2 aromatic rings. The Hall–Kier alpha value is -3.17. The molecular weight excluding hydrogens is 367 g/mol. The lowest BCUT2D eigenvalue weighted by molar-refractivity contribution is -0.274. The molecule has 0 atom stereocenters. The van der Waals surface area contributed by atoms with E-state index in [2.05, 4.69) is 15.4 Å². The minimum absolute atomic E-state index is 0.0749. The van der Waals surface area contributed by atoms with Crippen molar-refractivity contribution in [2.75, 3.05) is 10.6 Å². The van der Waals surface area contributed by atoms with Crippen molar-refractivity contribution in [2.24, 2.45) is 5.92 Å². The summed E-state index contributed by atoms with van der Waals surface area (Å²) in [5, 5.41) is 14.2. The van der Waals surface area contributed by atoms with Gasteiger partial charge in [0.05, 0.1) is 5.69 Å². The fourth-order valence-corrected chi connectivity index (χ4v) is 2.52. The number of nitrogens with one attached hydrogen (secondary N) is 2. The topological polar surface area (TPSA) is 92.6 Å². The van der Waals surface area contributed by atoms with E-state index in [0.717, 1.165) is 25.0 Å². The van der Waals surface area contributed by atoms with E-state index in [9.17, 15) is 27.9 Å². The van der Waals surface area contributed by atoms with Gasteiger partial charge in [0.15, 0.2) is 0 Å². The molecule has 1 saturated carbocycles. The van der Waals surface area contributed by atoms with Crippen LogP contribution in [0.4, 0.5) is 29.3 Å². The summed E-state index contributed by atoms with van der Waals surface area (Å²) in [5.41, 5.74) is 0.631. The molecule has 1 aromatic carbocycles. The number of anilines is 2. The van der Waals surface area contributed by atoms with Crippen LogP contribution >= 0.6 is 0 Å². The van der Waals surface area contributed by atoms with Crippen molar-refractivity contribution >= 4 is 23.4 Å². The molecule has 10 heteroatoms. The fraction of sp³-hybridized carbons (Fsp3) is 0.294. The lowest BCUT2D eigenvalue weighted by Crippen LogP contribution is -2.19. The Morgan fingerprint density at radius 2 is 1.78 bits per heavy atom. The van der Waals surface area contributed by atoms with Crippen LogP contribution in [0.15, 0.2) is 36.5 Å². The Kier molecular flexibility index (Phi) is 4.98. The quantitative estimate of drug-likeness (QED) is 0.699. The van der Waals surface area contributed by atoms with E-state index in [1.54, 1.807) is 10.8 Å². The van der Waals surface area contributed by atoms with E-state index in [0.29, 0.717) is 18.2 Å². The molecule has 0 unspecified atom stereocenters. The molecule has 1 fully saturated rings. The highest BCUT2D eigenvalue weighted by Gasteiger charge is 2.31. The molecule has 3 rings (SSSR count). The first kappa shape index (κ1) is 18.6. The molecule has 0 radical (unpaired) electrons. The van der Waals surface area contributed by atoms with Gasteiger partial charge in [-0.3, -0.25) is 0 Å². The highest BCUT2D eigenvalue weighted by Crippen LogP contribution is 2.32. The number of ether oxygens (including phenoxy) is 1. The summed E-state index contributed by atoms with van der Waals surface area (Å²) in [5.74, 6) is -1.05. The number of aromatic nitrogens is 1. The molecular formula is C17H16F3N3O4. The lowest BCUT2D eigenvalue weighted by Gasteiger charge is -2.10. The first-order valence-corrected chi connectivity index (χ1v) is 8.07. The third-order valence-electron chi connectivity index (χ3n) is 3.87. The number of carboxylic acids is 1. The number of aromatic carboxylic acids is 1. The second kappa shape index (κ2) is 7.22. The molecule has 1 aromatic heterocycles. The normalized spacial score (nSPS) is 13.9. The number of carbonyl (C=O) groups is 2. The number of hydrogen-bond donors (Lipinski definition) is 3. The van der Waals surface area contributed by atoms with Gasteiger partial charge in [-0.2, -0.15) is 0 Å². The third-order valence-corrected chi connectivity index (χ3v) is 3.87. The standard InChI is InChI=1S/C17H16F3N3O4/c18-17(19,20)27-13-5-3-11(4-6-13)21-16(26)22-12-7-14(15(24)25)23(9-12)8-10-1-2-10/h3-7,9-10H,1-2,8H2,(H,24,25)(H2,21,22,26). The van der Waals surface area contributed by atoms with E-state index < -0.39 is 24.1 Å². The monoisotopic (exact) mass is 383 g/mol. The number of urea groups is 1. The predicted octanol–water partition coefficient (Wildman–Crippen LogP) is 4.14.